The topological polar surface area (TPSA) is 74.7 Å². The van der Waals surface area contributed by atoms with Crippen LogP contribution < -0.4 is 0 Å². The number of hydrogen-bond donors (Lipinski definition) is 1. The number of carboxylic acid groups (broad SMARTS) is 1. The molecule has 1 atom stereocenters. The molecule has 104 valence electrons. The van der Waals surface area contributed by atoms with Crippen LogP contribution in [0, 0.1) is 18.7 Å². The summed E-state index contributed by atoms with van der Waals surface area (Å²) in [6.45, 7) is 1.67. The van der Waals surface area contributed by atoms with E-state index in [-0.39, 0.29) is 24.4 Å². The van der Waals surface area contributed by atoms with Crippen LogP contribution in [0.2, 0.25) is 0 Å². The van der Waals surface area contributed by atoms with Crippen molar-refractivity contribution in [3.05, 3.63) is 29.6 Å². The molecule has 0 radical (unpaired) electrons. The third kappa shape index (κ3) is 2.62. The first kappa shape index (κ1) is 14.0. The van der Waals surface area contributed by atoms with Crippen LogP contribution in [-0.2, 0) is 14.8 Å². The van der Waals surface area contributed by atoms with Gasteiger partial charge in [0.1, 0.15) is 5.82 Å². The van der Waals surface area contributed by atoms with E-state index in [9.17, 15) is 17.6 Å². The van der Waals surface area contributed by atoms with E-state index >= 15 is 0 Å². The zero-order valence-electron chi connectivity index (χ0n) is 10.3. The van der Waals surface area contributed by atoms with Crippen molar-refractivity contribution in [1.29, 1.82) is 0 Å². The second-order valence-electron chi connectivity index (χ2n) is 4.60. The third-order valence-electron chi connectivity index (χ3n) is 3.27. The largest absolute Gasteiger partial charge is 0.481 e. The fraction of sp³-hybridized carbons (Fsp3) is 0.417. The highest BCUT2D eigenvalue weighted by Gasteiger charge is 2.36. The molecule has 1 saturated heterocycles. The summed E-state index contributed by atoms with van der Waals surface area (Å²) >= 11 is 0. The van der Waals surface area contributed by atoms with Gasteiger partial charge in [-0.05, 0) is 31.0 Å². The summed E-state index contributed by atoms with van der Waals surface area (Å²) in [4.78, 5) is 10.8. The first-order valence-electron chi connectivity index (χ1n) is 5.81. The highest BCUT2D eigenvalue weighted by molar-refractivity contribution is 7.89. The summed E-state index contributed by atoms with van der Waals surface area (Å²) in [5.41, 5.74) is 0.445. The lowest BCUT2D eigenvalue weighted by molar-refractivity contribution is -0.141. The molecule has 0 saturated carbocycles. The van der Waals surface area contributed by atoms with Crippen molar-refractivity contribution in [1.82, 2.24) is 4.31 Å². The van der Waals surface area contributed by atoms with E-state index in [4.69, 9.17) is 5.11 Å². The molecule has 0 spiro atoms. The smallest absolute Gasteiger partial charge is 0.307 e. The summed E-state index contributed by atoms with van der Waals surface area (Å²) in [5.74, 6) is -2.32. The number of benzene rings is 1. The van der Waals surface area contributed by atoms with Gasteiger partial charge in [-0.2, -0.15) is 4.31 Å². The van der Waals surface area contributed by atoms with Crippen molar-refractivity contribution < 1.29 is 22.7 Å². The molecule has 0 aromatic heterocycles. The second-order valence-corrected chi connectivity index (χ2v) is 6.50. The Hall–Kier alpha value is -1.47. The summed E-state index contributed by atoms with van der Waals surface area (Å²) in [7, 11) is -3.83. The van der Waals surface area contributed by atoms with E-state index < -0.39 is 27.7 Å². The summed E-state index contributed by atoms with van der Waals surface area (Å²) in [5, 5.41) is 8.88. The molecule has 0 aliphatic carbocycles. The molecular formula is C12H14FNO4S. The number of carboxylic acids is 1. The number of halogens is 1. The molecule has 1 aliphatic rings. The zero-order chi connectivity index (χ0) is 14.2. The van der Waals surface area contributed by atoms with Crippen molar-refractivity contribution in [2.24, 2.45) is 5.92 Å². The van der Waals surface area contributed by atoms with E-state index in [1.165, 1.54) is 12.1 Å². The van der Waals surface area contributed by atoms with Crippen LogP contribution in [0.5, 0.6) is 0 Å². The number of rotatable bonds is 3. The molecule has 0 amide bonds. The zero-order valence-corrected chi connectivity index (χ0v) is 11.2. The van der Waals surface area contributed by atoms with Gasteiger partial charge in [0.05, 0.1) is 10.8 Å². The van der Waals surface area contributed by atoms with Crippen LogP contribution in [0.4, 0.5) is 4.39 Å². The van der Waals surface area contributed by atoms with Gasteiger partial charge in [-0.1, -0.05) is 6.07 Å². The molecule has 0 unspecified atom stereocenters. The number of nitrogens with zero attached hydrogens (tertiary/aromatic N) is 1. The van der Waals surface area contributed by atoms with Crippen molar-refractivity contribution >= 4 is 16.0 Å². The Morgan fingerprint density at radius 3 is 2.74 bits per heavy atom. The molecule has 1 aromatic rings. The van der Waals surface area contributed by atoms with Crippen LogP contribution in [-0.4, -0.2) is 36.9 Å². The lowest BCUT2D eigenvalue weighted by Crippen LogP contribution is -2.30. The van der Waals surface area contributed by atoms with Gasteiger partial charge in [0.2, 0.25) is 10.0 Å². The fourth-order valence-corrected chi connectivity index (χ4v) is 3.88. The molecule has 1 aromatic carbocycles. The number of hydrogen-bond acceptors (Lipinski definition) is 3. The van der Waals surface area contributed by atoms with E-state index in [0.29, 0.717) is 5.56 Å². The summed E-state index contributed by atoms with van der Waals surface area (Å²) in [6.07, 6.45) is 0.281. The maximum absolute atomic E-state index is 13.2. The first-order valence-corrected chi connectivity index (χ1v) is 7.25. The Kier molecular flexibility index (Phi) is 3.60. The fourth-order valence-electron chi connectivity index (χ4n) is 2.14. The van der Waals surface area contributed by atoms with Crippen LogP contribution in [0.1, 0.15) is 12.0 Å². The minimum Gasteiger partial charge on any atom is -0.481 e. The van der Waals surface area contributed by atoms with Gasteiger partial charge in [0.15, 0.2) is 0 Å². The molecule has 2 rings (SSSR count). The Morgan fingerprint density at radius 2 is 2.16 bits per heavy atom. The maximum atomic E-state index is 13.2. The molecule has 5 nitrogen and oxygen atoms in total. The monoisotopic (exact) mass is 287 g/mol. The molecule has 1 N–H and O–H groups in total. The van der Waals surface area contributed by atoms with Crippen molar-refractivity contribution in [2.45, 2.75) is 18.2 Å². The predicted molar refractivity (Wildman–Crippen MR) is 65.6 cm³/mol. The molecule has 1 heterocycles. The summed E-state index contributed by atoms with van der Waals surface area (Å²) in [6, 6.07) is 3.56. The summed E-state index contributed by atoms with van der Waals surface area (Å²) < 4.78 is 39.0. The molecule has 0 bridgehead atoms. The molecule has 7 heteroatoms. The Balaban J connectivity index is 2.33. The minimum atomic E-state index is -3.83. The van der Waals surface area contributed by atoms with Crippen molar-refractivity contribution in [3.8, 4) is 0 Å². The van der Waals surface area contributed by atoms with Crippen LogP contribution in [0.25, 0.3) is 0 Å². The lowest BCUT2D eigenvalue weighted by atomic mass is 10.1. The normalized spacial score (nSPS) is 20.6. The van der Waals surface area contributed by atoms with Gasteiger partial charge in [0, 0.05) is 13.1 Å². The van der Waals surface area contributed by atoms with Crippen molar-refractivity contribution in [3.63, 3.8) is 0 Å². The van der Waals surface area contributed by atoms with Gasteiger partial charge in [-0.25, -0.2) is 12.8 Å². The van der Waals surface area contributed by atoms with E-state index in [0.717, 1.165) is 10.4 Å². The minimum absolute atomic E-state index is 0.0619. The maximum Gasteiger partial charge on any atom is 0.307 e. The Labute approximate surface area is 110 Å². The van der Waals surface area contributed by atoms with E-state index in [2.05, 4.69) is 0 Å². The van der Waals surface area contributed by atoms with E-state index in [1.807, 2.05) is 0 Å². The number of aliphatic carboxylic acids is 1. The standard InChI is InChI=1S/C12H14FNO4S/c1-8-2-3-10(13)6-11(8)19(17,18)14-5-4-9(7-14)12(15)16/h2-3,6,9H,4-5,7H2,1H3,(H,15,16)/t9-/m0/s1. The van der Waals surface area contributed by atoms with Gasteiger partial charge in [0.25, 0.3) is 0 Å². The Morgan fingerprint density at radius 1 is 1.47 bits per heavy atom. The van der Waals surface area contributed by atoms with Gasteiger partial charge in [-0.15, -0.1) is 0 Å². The van der Waals surface area contributed by atoms with Crippen LogP contribution >= 0.6 is 0 Å². The highest BCUT2D eigenvalue weighted by Crippen LogP contribution is 2.26. The predicted octanol–water partition coefficient (Wildman–Crippen LogP) is 1.23. The van der Waals surface area contributed by atoms with Crippen LogP contribution in [0.3, 0.4) is 0 Å². The molecular weight excluding hydrogens is 273 g/mol. The third-order valence-corrected chi connectivity index (χ3v) is 5.28. The molecule has 19 heavy (non-hydrogen) atoms. The van der Waals surface area contributed by atoms with Gasteiger partial charge >= 0.3 is 5.97 Å². The Bertz CT molecular complexity index is 614. The lowest BCUT2D eigenvalue weighted by Gasteiger charge is -2.17. The average Bonchev–Trinajstić information content (AvgIpc) is 2.82. The number of sulfonamides is 1. The van der Waals surface area contributed by atoms with Crippen molar-refractivity contribution in [2.75, 3.05) is 13.1 Å². The molecule has 1 fully saturated rings. The van der Waals surface area contributed by atoms with Gasteiger partial charge < -0.3 is 5.11 Å². The van der Waals surface area contributed by atoms with Gasteiger partial charge in [-0.3, -0.25) is 4.79 Å². The second kappa shape index (κ2) is 4.90. The first-order chi connectivity index (χ1) is 8.82. The average molecular weight is 287 g/mol. The SMILES string of the molecule is Cc1ccc(F)cc1S(=O)(=O)N1CC[C@H](C(=O)O)C1. The number of aryl methyl sites for hydroxylation is 1. The number of carbonyl (C=O) groups is 1. The molecule has 1 aliphatic heterocycles. The quantitative estimate of drug-likeness (QED) is 0.907. The van der Waals surface area contributed by atoms with E-state index in [1.54, 1.807) is 6.92 Å². The van der Waals surface area contributed by atoms with Crippen LogP contribution in [0.15, 0.2) is 23.1 Å². The highest BCUT2D eigenvalue weighted by atomic mass is 32.2.